The molecule has 2 rings (SSSR count). The first-order valence-electron chi connectivity index (χ1n) is 7.82. The molecule has 0 saturated carbocycles. The Hall–Kier alpha value is -2.10. The number of nitrogens with zero attached hydrogens (tertiary/aromatic N) is 1. The minimum atomic E-state index is -0.954. The average molecular weight is 301 g/mol. The Kier molecular flexibility index (Phi) is 4.69. The van der Waals surface area contributed by atoms with Gasteiger partial charge in [-0.2, -0.15) is 0 Å². The van der Waals surface area contributed by atoms with Gasteiger partial charge in [-0.25, -0.2) is 4.79 Å². The van der Waals surface area contributed by atoms with E-state index in [9.17, 15) is 14.7 Å². The number of fused-ring (bicyclic) bond motifs is 1. The Morgan fingerprint density at radius 3 is 2.41 bits per heavy atom. The summed E-state index contributed by atoms with van der Waals surface area (Å²) in [6.45, 7) is 8.50. The van der Waals surface area contributed by atoms with Crippen LogP contribution in [-0.2, 0) is 13.0 Å². The number of benzene rings is 1. The number of carboxylic acids is 1. The van der Waals surface area contributed by atoms with E-state index in [0.717, 1.165) is 48.0 Å². The highest BCUT2D eigenvalue weighted by molar-refractivity contribution is 6.10. The summed E-state index contributed by atoms with van der Waals surface area (Å²) in [4.78, 5) is 23.5. The molecule has 0 aliphatic rings. The molecule has 0 fully saturated rings. The second-order valence-electron chi connectivity index (χ2n) is 5.71. The molecule has 0 aliphatic heterocycles. The zero-order valence-corrected chi connectivity index (χ0v) is 13.7. The maximum Gasteiger partial charge on any atom is 0.335 e. The van der Waals surface area contributed by atoms with Crippen molar-refractivity contribution < 1.29 is 14.7 Å². The Morgan fingerprint density at radius 1 is 1.23 bits per heavy atom. The summed E-state index contributed by atoms with van der Waals surface area (Å²) in [5.74, 6) is -0.965. The number of unbranched alkanes of at least 4 members (excludes halogenated alkanes) is 1. The number of hydrogen-bond donors (Lipinski definition) is 1. The van der Waals surface area contributed by atoms with E-state index in [0.29, 0.717) is 5.56 Å². The molecule has 0 amide bonds. The van der Waals surface area contributed by atoms with Gasteiger partial charge in [0.1, 0.15) is 0 Å². The molecular formula is C18H23NO3. The van der Waals surface area contributed by atoms with E-state index in [1.807, 2.05) is 13.8 Å². The molecule has 1 aromatic carbocycles. The van der Waals surface area contributed by atoms with Crippen LogP contribution in [0.5, 0.6) is 0 Å². The van der Waals surface area contributed by atoms with Crippen molar-refractivity contribution >= 4 is 22.7 Å². The third-order valence-electron chi connectivity index (χ3n) is 4.21. The van der Waals surface area contributed by atoms with Gasteiger partial charge in [-0.15, -0.1) is 0 Å². The third-order valence-corrected chi connectivity index (χ3v) is 4.21. The molecule has 1 heterocycles. The number of ketones is 1. The van der Waals surface area contributed by atoms with Crippen LogP contribution < -0.4 is 0 Å². The molecule has 1 N–H and O–H groups in total. The zero-order valence-electron chi connectivity index (χ0n) is 13.7. The third kappa shape index (κ3) is 2.65. The number of aromatic carboxylic acids is 1. The fraction of sp³-hybridized carbons (Fsp3) is 0.444. The lowest BCUT2D eigenvalue weighted by atomic mass is 10.0. The van der Waals surface area contributed by atoms with Crippen LogP contribution in [0.4, 0.5) is 0 Å². The highest BCUT2D eigenvalue weighted by Crippen LogP contribution is 2.31. The van der Waals surface area contributed by atoms with Crippen molar-refractivity contribution in [2.75, 3.05) is 0 Å². The molecule has 4 nitrogen and oxygen atoms in total. The van der Waals surface area contributed by atoms with Crippen LogP contribution in [0, 0.1) is 6.92 Å². The predicted molar refractivity (Wildman–Crippen MR) is 87.9 cm³/mol. The van der Waals surface area contributed by atoms with E-state index in [4.69, 9.17) is 0 Å². The van der Waals surface area contributed by atoms with Crippen molar-refractivity contribution in [1.82, 2.24) is 4.57 Å². The molecule has 0 saturated heterocycles. The number of carbonyl (C=O) groups is 2. The molecule has 118 valence electrons. The quantitative estimate of drug-likeness (QED) is 0.813. The first-order chi connectivity index (χ1) is 10.4. The monoisotopic (exact) mass is 301 g/mol. The van der Waals surface area contributed by atoms with Crippen LogP contribution >= 0.6 is 0 Å². The Bertz CT molecular complexity index is 741. The number of rotatable bonds is 6. The SMILES string of the molecule is CCCCn1c(C)c(C(C)=O)c2cc(C(=O)O)cc(CC)c21. The predicted octanol–water partition coefficient (Wildman–Crippen LogP) is 4.21. The number of carbonyl (C=O) groups excluding carboxylic acids is 1. The molecule has 0 unspecified atom stereocenters. The summed E-state index contributed by atoms with van der Waals surface area (Å²) < 4.78 is 2.18. The molecule has 0 atom stereocenters. The minimum Gasteiger partial charge on any atom is -0.478 e. The molecule has 0 aliphatic carbocycles. The molecular weight excluding hydrogens is 278 g/mol. The lowest BCUT2D eigenvalue weighted by Crippen LogP contribution is -2.04. The molecule has 0 bridgehead atoms. The first kappa shape index (κ1) is 16.3. The number of Topliss-reactive ketones (excluding diaryl/α,β-unsaturated/α-hetero) is 1. The summed E-state index contributed by atoms with van der Waals surface area (Å²) in [6.07, 6.45) is 2.85. The van der Waals surface area contributed by atoms with Crippen LogP contribution in [0.2, 0.25) is 0 Å². The minimum absolute atomic E-state index is 0.0117. The van der Waals surface area contributed by atoms with Gasteiger partial charge in [-0.3, -0.25) is 4.79 Å². The Morgan fingerprint density at radius 2 is 1.91 bits per heavy atom. The van der Waals surface area contributed by atoms with E-state index in [1.54, 1.807) is 19.1 Å². The van der Waals surface area contributed by atoms with Gasteiger partial charge in [-0.05, 0) is 44.4 Å². The van der Waals surface area contributed by atoms with E-state index in [-0.39, 0.29) is 11.3 Å². The fourth-order valence-corrected chi connectivity index (χ4v) is 3.13. The molecule has 2 aromatic rings. The van der Waals surface area contributed by atoms with Gasteiger partial charge in [0.05, 0.1) is 11.1 Å². The van der Waals surface area contributed by atoms with Crippen LogP contribution in [0.1, 0.15) is 65.6 Å². The smallest absolute Gasteiger partial charge is 0.335 e. The summed E-state index contributed by atoms with van der Waals surface area (Å²) >= 11 is 0. The van der Waals surface area contributed by atoms with Crippen LogP contribution in [0.25, 0.3) is 10.9 Å². The molecule has 0 spiro atoms. The Balaban J connectivity index is 2.87. The molecule has 22 heavy (non-hydrogen) atoms. The maximum absolute atomic E-state index is 12.1. The van der Waals surface area contributed by atoms with Gasteiger partial charge in [-0.1, -0.05) is 20.3 Å². The summed E-state index contributed by atoms with van der Waals surface area (Å²) in [6, 6.07) is 3.37. The zero-order chi connectivity index (χ0) is 16.4. The van der Waals surface area contributed by atoms with E-state index < -0.39 is 5.97 Å². The van der Waals surface area contributed by atoms with Gasteiger partial charge >= 0.3 is 5.97 Å². The number of aryl methyl sites for hydroxylation is 2. The molecule has 1 aromatic heterocycles. The summed E-state index contributed by atoms with van der Waals surface area (Å²) in [5, 5.41) is 10.1. The standard InChI is InChI=1S/C18H23NO3/c1-5-7-8-19-11(3)16(12(4)20)15-10-14(18(21)22)9-13(6-2)17(15)19/h9-10H,5-8H2,1-4H3,(H,21,22). The largest absolute Gasteiger partial charge is 0.478 e. The van der Waals surface area contributed by atoms with Crippen molar-refractivity contribution in [3.05, 3.63) is 34.5 Å². The van der Waals surface area contributed by atoms with Crippen molar-refractivity contribution in [3.63, 3.8) is 0 Å². The van der Waals surface area contributed by atoms with Crippen molar-refractivity contribution in [3.8, 4) is 0 Å². The number of hydrogen-bond acceptors (Lipinski definition) is 2. The van der Waals surface area contributed by atoms with Crippen molar-refractivity contribution in [2.45, 2.75) is 53.5 Å². The molecule has 0 radical (unpaired) electrons. The van der Waals surface area contributed by atoms with E-state index in [2.05, 4.69) is 11.5 Å². The highest BCUT2D eigenvalue weighted by Gasteiger charge is 2.21. The lowest BCUT2D eigenvalue weighted by molar-refractivity contribution is 0.0696. The number of aromatic nitrogens is 1. The van der Waals surface area contributed by atoms with Gasteiger partial charge in [0.15, 0.2) is 5.78 Å². The van der Waals surface area contributed by atoms with Crippen molar-refractivity contribution in [1.29, 1.82) is 0 Å². The van der Waals surface area contributed by atoms with Crippen LogP contribution in [0.15, 0.2) is 12.1 Å². The van der Waals surface area contributed by atoms with Gasteiger partial charge in [0.25, 0.3) is 0 Å². The van der Waals surface area contributed by atoms with E-state index in [1.165, 1.54) is 0 Å². The lowest BCUT2D eigenvalue weighted by Gasteiger charge is -2.11. The summed E-state index contributed by atoms with van der Waals surface area (Å²) in [5.41, 5.74) is 3.85. The highest BCUT2D eigenvalue weighted by atomic mass is 16.4. The topological polar surface area (TPSA) is 59.3 Å². The second-order valence-corrected chi connectivity index (χ2v) is 5.71. The van der Waals surface area contributed by atoms with Gasteiger partial charge in [0.2, 0.25) is 0 Å². The molecule has 4 heteroatoms. The van der Waals surface area contributed by atoms with Gasteiger partial charge < -0.3 is 9.67 Å². The van der Waals surface area contributed by atoms with Crippen LogP contribution in [-0.4, -0.2) is 21.4 Å². The second kappa shape index (κ2) is 6.34. The summed E-state index contributed by atoms with van der Waals surface area (Å²) in [7, 11) is 0. The fourth-order valence-electron chi connectivity index (χ4n) is 3.13. The number of carboxylic acid groups (broad SMARTS) is 1. The van der Waals surface area contributed by atoms with E-state index >= 15 is 0 Å². The Labute approximate surface area is 130 Å². The first-order valence-corrected chi connectivity index (χ1v) is 7.82. The normalized spacial score (nSPS) is 11.1. The van der Waals surface area contributed by atoms with Crippen molar-refractivity contribution in [2.24, 2.45) is 0 Å². The van der Waals surface area contributed by atoms with Gasteiger partial charge in [0, 0.05) is 23.2 Å². The van der Waals surface area contributed by atoms with Crippen LogP contribution in [0.3, 0.4) is 0 Å². The average Bonchev–Trinajstić information content (AvgIpc) is 2.75. The maximum atomic E-state index is 12.1.